The number of hydrogen-bond acceptors (Lipinski definition) is 3. The van der Waals surface area contributed by atoms with Crippen molar-refractivity contribution in [3.05, 3.63) is 30.0 Å². The Bertz CT molecular complexity index is 763. The van der Waals surface area contributed by atoms with Crippen molar-refractivity contribution in [2.75, 3.05) is 20.6 Å². The van der Waals surface area contributed by atoms with Crippen molar-refractivity contribution in [1.29, 1.82) is 0 Å². The normalized spacial score (nSPS) is 13.0. The highest BCUT2D eigenvalue weighted by atomic mass is 32.3. The number of nitrogens with one attached hydrogen (secondary N) is 1. The number of benzene rings is 1. The Hall–Kier alpha value is -1.57. The first-order valence-electron chi connectivity index (χ1n) is 7.19. The van der Waals surface area contributed by atoms with Crippen LogP contribution in [0, 0.1) is 0 Å². The van der Waals surface area contributed by atoms with Crippen LogP contribution in [0.3, 0.4) is 0 Å². The van der Waals surface area contributed by atoms with Crippen molar-refractivity contribution in [3.8, 4) is 5.75 Å². The first-order valence-corrected chi connectivity index (χ1v) is 8.55. The van der Waals surface area contributed by atoms with E-state index in [1.54, 1.807) is 6.07 Å². The average Bonchev–Trinajstić information content (AvgIpc) is 2.79. The van der Waals surface area contributed by atoms with Crippen LogP contribution in [0.15, 0.2) is 24.4 Å². The predicted molar refractivity (Wildman–Crippen MR) is 86.3 cm³/mol. The Balaban J connectivity index is 2.35. The van der Waals surface area contributed by atoms with Gasteiger partial charge < -0.3 is 13.7 Å². The summed E-state index contributed by atoms with van der Waals surface area (Å²) in [5, 5.41) is 0.698. The fourth-order valence-corrected chi connectivity index (χ4v) is 2.63. The van der Waals surface area contributed by atoms with Gasteiger partial charge in [0.05, 0.1) is 26.7 Å². The van der Waals surface area contributed by atoms with E-state index in [1.807, 2.05) is 12.3 Å². The SMILES string of the molecule is CC(C)[N+](C)(C)CCc1c[nH]c2cccc(OS(=O)(=O)O)c12. The number of aromatic nitrogens is 1. The van der Waals surface area contributed by atoms with Crippen LogP contribution in [0.1, 0.15) is 19.4 Å². The Kier molecular flexibility index (Phi) is 4.51. The molecule has 6 nitrogen and oxygen atoms in total. The van der Waals surface area contributed by atoms with E-state index in [4.69, 9.17) is 8.74 Å². The van der Waals surface area contributed by atoms with Crippen molar-refractivity contribution in [2.45, 2.75) is 26.3 Å². The maximum absolute atomic E-state index is 11.0. The summed E-state index contributed by atoms with van der Waals surface area (Å²) in [6, 6.07) is 5.55. The standard InChI is InChI=1S/C15H22N2O4S/c1-11(2)17(3,4)9-8-12-10-16-13-6-5-7-14(15(12)13)21-22(18,19)20/h5-7,10-11,16H,8-9H2,1-4H3/p+1. The monoisotopic (exact) mass is 327 g/mol. The molecule has 0 saturated carbocycles. The lowest BCUT2D eigenvalue weighted by Crippen LogP contribution is -2.47. The van der Waals surface area contributed by atoms with Crippen LogP contribution in [0.4, 0.5) is 0 Å². The molecule has 0 atom stereocenters. The van der Waals surface area contributed by atoms with Crippen molar-refractivity contribution in [3.63, 3.8) is 0 Å². The second-order valence-electron chi connectivity index (χ2n) is 6.35. The van der Waals surface area contributed by atoms with Gasteiger partial charge in [-0.15, -0.1) is 0 Å². The van der Waals surface area contributed by atoms with E-state index in [0.717, 1.165) is 28.5 Å². The van der Waals surface area contributed by atoms with Crippen LogP contribution < -0.4 is 4.18 Å². The van der Waals surface area contributed by atoms with Crippen LogP contribution in [0.25, 0.3) is 10.9 Å². The summed E-state index contributed by atoms with van der Waals surface area (Å²) in [6.07, 6.45) is 2.64. The molecule has 0 radical (unpaired) electrons. The number of quaternary nitrogens is 1. The summed E-state index contributed by atoms with van der Waals surface area (Å²) in [7, 11) is -0.214. The molecule has 2 N–H and O–H groups in total. The molecule has 0 aliphatic carbocycles. The fraction of sp³-hybridized carbons (Fsp3) is 0.467. The van der Waals surface area contributed by atoms with E-state index in [2.05, 4.69) is 32.9 Å². The third kappa shape index (κ3) is 3.79. The minimum Gasteiger partial charge on any atom is -0.361 e. The summed E-state index contributed by atoms with van der Waals surface area (Å²) >= 11 is 0. The molecule has 0 aliphatic rings. The molecule has 2 rings (SSSR count). The third-order valence-electron chi connectivity index (χ3n) is 4.30. The van der Waals surface area contributed by atoms with E-state index in [9.17, 15) is 8.42 Å². The quantitative estimate of drug-likeness (QED) is 0.630. The first-order chi connectivity index (χ1) is 10.1. The number of fused-ring (bicyclic) bond motifs is 1. The van der Waals surface area contributed by atoms with Crippen LogP contribution >= 0.6 is 0 Å². The van der Waals surface area contributed by atoms with Gasteiger partial charge >= 0.3 is 10.4 Å². The van der Waals surface area contributed by atoms with Gasteiger partial charge in [0.15, 0.2) is 5.75 Å². The number of H-pyrrole nitrogens is 1. The maximum Gasteiger partial charge on any atom is 0.446 e. The molecule has 0 bridgehead atoms. The molecule has 0 amide bonds. The minimum atomic E-state index is -4.54. The molecule has 0 unspecified atom stereocenters. The lowest BCUT2D eigenvalue weighted by molar-refractivity contribution is -0.910. The highest BCUT2D eigenvalue weighted by Gasteiger charge is 2.21. The van der Waals surface area contributed by atoms with Gasteiger partial charge in [-0.3, -0.25) is 4.55 Å². The number of hydrogen-bond donors (Lipinski definition) is 2. The smallest absolute Gasteiger partial charge is 0.361 e. The van der Waals surface area contributed by atoms with Crippen LogP contribution in [0.5, 0.6) is 5.75 Å². The summed E-state index contributed by atoms with van der Waals surface area (Å²) in [4.78, 5) is 3.12. The third-order valence-corrected chi connectivity index (χ3v) is 4.69. The van der Waals surface area contributed by atoms with Crippen molar-refractivity contribution >= 4 is 21.3 Å². The molecule has 1 aromatic carbocycles. The Morgan fingerprint density at radius 3 is 2.59 bits per heavy atom. The Labute approximate surface area is 131 Å². The largest absolute Gasteiger partial charge is 0.446 e. The molecule has 7 heteroatoms. The van der Waals surface area contributed by atoms with Gasteiger partial charge in [0, 0.05) is 23.5 Å². The van der Waals surface area contributed by atoms with E-state index in [0.29, 0.717) is 11.4 Å². The van der Waals surface area contributed by atoms with E-state index < -0.39 is 10.4 Å². The molecule has 0 saturated heterocycles. The van der Waals surface area contributed by atoms with Gasteiger partial charge in [-0.05, 0) is 31.5 Å². The summed E-state index contributed by atoms with van der Waals surface area (Å²) in [5.41, 5.74) is 1.76. The summed E-state index contributed by atoms with van der Waals surface area (Å²) in [6.45, 7) is 5.25. The van der Waals surface area contributed by atoms with Gasteiger partial charge in [-0.2, -0.15) is 8.42 Å². The zero-order valence-corrected chi connectivity index (χ0v) is 14.1. The highest BCUT2D eigenvalue weighted by molar-refractivity contribution is 7.81. The van der Waals surface area contributed by atoms with Crippen LogP contribution in [-0.2, 0) is 16.8 Å². The highest BCUT2D eigenvalue weighted by Crippen LogP contribution is 2.30. The van der Waals surface area contributed by atoms with Gasteiger partial charge in [0.25, 0.3) is 0 Å². The summed E-state index contributed by atoms with van der Waals surface area (Å²) < 4.78 is 36.5. The molecule has 2 aromatic rings. The second-order valence-corrected chi connectivity index (χ2v) is 7.37. The Morgan fingerprint density at radius 2 is 2.00 bits per heavy atom. The molecule has 0 fully saturated rings. The van der Waals surface area contributed by atoms with E-state index >= 15 is 0 Å². The van der Waals surface area contributed by atoms with E-state index in [-0.39, 0.29) is 5.75 Å². The van der Waals surface area contributed by atoms with Crippen LogP contribution in [0.2, 0.25) is 0 Å². The number of nitrogens with zero attached hydrogens (tertiary/aromatic N) is 1. The molecular formula is C15H23N2O4S+. The second kappa shape index (κ2) is 5.91. The first kappa shape index (κ1) is 16.8. The van der Waals surface area contributed by atoms with Gasteiger partial charge in [0.2, 0.25) is 0 Å². The number of aromatic amines is 1. The predicted octanol–water partition coefficient (Wildman–Crippen LogP) is 2.38. The number of rotatable bonds is 6. The molecule has 1 aromatic heterocycles. The Morgan fingerprint density at radius 1 is 1.32 bits per heavy atom. The molecular weight excluding hydrogens is 304 g/mol. The van der Waals surface area contributed by atoms with Crippen LogP contribution in [-0.4, -0.2) is 49.1 Å². The zero-order valence-electron chi connectivity index (χ0n) is 13.3. The van der Waals surface area contributed by atoms with E-state index in [1.165, 1.54) is 6.07 Å². The van der Waals surface area contributed by atoms with Crippen molar-refractivity contribution in [1.82, 2.24) is 4.98 Å². The minimum absolute atomic E-state index is 0.145. The molecule has 122 valence electrons. The molecule has 0 aliphatic heterocycles. The van der Waals surface area contributed by atoms with Gasteiger partial charge in [-0.1, -0.05) is 6.07 Å². The fourth-order valence-electron chi connectivity index (χ4n) is 2.27. The molecule has 0 spiro atoms. The lowest BCUT2D eigenvalue weighted by atomic mass is 10.1. The van der Waals surface area contributed by atoms with Gasteiger partial charge in [0.1, 0.15) is 0 Å². The molecule has 1 heterocycles. The number of likely N-dealkylation sites (N-methyl/N-ethyl adjacent to an activating group) is 1. The van der Waals surface area contributed by atoms with Crippen molar-refractivity contribution < 1.29 is 21.6 Å². The summed E-state index contributed by atoms with van der Waals surface area (Å²) in [5.74, 6) is 0.145. The van der Waals surface area contributed by atoms with Crippen molar-refractivity contribution in [2.24, 2.45) is 0 Å². The lowest BCUT2D eigenvalue weighted by Gasteiger charge is -2.34. The van der Waals surface area contributed by atoms with Gasteiger partial charge in [-0.25, -0.2) is 0 Å². The average molecular weight is 327 g/mol. The zero-order chi connectivity index (χ0) is 16.5. The molecule has 22 heavy (non-hydrogen) atoms. The maximum atomic E-state index is 11.0. The topological polar surface area (TPSA) is 79.4 Å².